The highest BCUT2D eigenvalue weighted by molar-refractivity contribution is 5.36. The first-order chi connectivity index (χ1) is 10.6. The summed E-state index contributed by atoms with van der Waals surface area (Å²) in [5, 5.41) is 0. The highest BCUT2D eigenvalue weighted by Crippen LogP contribution is 2.59. The molecule has 2 aromatic carbocycles. The number of hydrogen-bond acceptors (Lipinski definition) is 2. The highest BCUT2D eigenvalue weighted by atomic mass is 16.8. The summed E-state index contributed by atoms with van der Waals surface area (Å²) in [5.74, 6) is 0.520. The smallest absolute Gasteiger partial charge is 0.238 e. The minimum Gasteiger partial charge on any atom is -0.459 e. The number of benzene rings is 2. The molecule has 4 rings (SSSR count). The molecule has 2 heteroatoms. The molecule has 2 saturated heterocycles. The van der Waals surface area contributed by atoms with Crippen LogP contribution in [-0.2, 0) is 20.9 Å². The van der Waals surface area contributed by atoms with Crippen molar-refractivity contribution in [2.75, 3.05) is 0 Å². The lowest BCUT2D eigenvalue weighted by atomic mass is 9.79. The van der Waals surface area contributed by atoms with Crippen LogP contribution in [0.4, 0.5) is 0 Å². The molecule has 0 spiro atoms. The molecule has 0 unspecified atom stereocenters. The summed E-state index contributed by atoms with van der Waals surface area (Å²) >= 11 is 0. The lowest BCUT2D eigenvalue weighted by Crippen LogP contribution is -2.40. The summed E-state index contributed by atoms with van der Waals surface area (Å²) in [7, 11) is 0. The predicted octanol–water partition coefficient (Wildman–Crippen LogP) is 4.73. The van der Waals surface area contributed by atoms with Crippen LogP contribution in [0.3, 0.4) is 0 Å². The van der Waals surface area contributed by atoms with Gasteiger partial charge in [0, 0.05) is 12.0 Å². The minimum atomic E-state index is -0.703. The first-order valence-electron chi connectivity index (χ1n) is 7.84. The van der Waals surface area contributed by atoms with Crippen molar-refractivity contribution in [2.24, 2.45) is 5.92 Å². The van der Waals surface area contributed by atoms with Gasteiger partial charge in [0.1, 0.15) is 5.76 Å². The van der Waals surface area contributed by atoms with Gasteiger partial charge in [-0.2, -0.15) is 0 Å². The fourth-order valence-electron chi connectivity index (χ4n) is 3.87. The number of rotatable bonds is 2. The van der Waals surface area contributed by atoms with Crippen molar-refractivity contribution in [1.29, 1.82) is 0 Å². The summed E-state index contributed by atoms with van der Waals surface area (Å²) < 4.78 is 12.9. The molecule has 0 aromatic heterocycles. The largest absolute Gasteiger partial charge is 0.459 e. The van der Waals surface area contributed by atoms with E-state index in [0.717, 1.165) is 29.7 Å². The summed E-state index contributed by atoms with van der Waals surface area (Å²) in [6.07, 6.45) is 1.76. The normalized spacial score (nSPS) is 33.5. The van der Waals surface area contributed by atoms with Crippen molar-refractivity contribution in [3.8, 4) is 0 Å². The average molecular weight is 292 g/mol. The SMILES string of the molecule is C=C1O[C@]2(c3ccccc3)C[C@@H](C)C[C@@]1(c1ccccc1)O2. The Morgan fingerprint density at radius 3 is 2.14 bits per heavy atom. The second-order valence-corrected chi connectivity index (χ2v) is 6.45. The highest BCUT2D eigenvalue weighted by Gasteiger charge is 2.60. The van der Waals surface area contributed by atoms with Gasteiger partial charge in [-0.25, -0.2) is 0 Å². The van der Waals surface area contributed by atoms with E-state index in [2.05, 4.69) is 37.8 Å². The van der Waals surface area contributed by atoms with E-state index in [1.807, 2.05) is 36.4 Å². The van der Waals surface area contributed by atoms with Crippen molar-refractivity contribution in [1.82, 2.24) is 0 Å². The Morgan fingerprint density at radius 1 is 0.909 bits per heavy atom. The zero-order valence-electron chi connectivity index (χ0n) is 12.8. The number of hydrogen-bond donors (Lipinski definition) is 0. The molecule has 0 amide bonds. The third-order valence-electron chi connectivity index (χ3n) is 4.78. The minimum absolute atomic E-state index is 0.494. The lowest BCUT2D eigenvalue weighted by molar-refractivity contribution is -0.234. The van der Waals surface area contributed by atoms with E-state index in [1.165, 1.54) is 0 Å². The molecule has 2 aliphatic heterocycles. The van der Waals surface area contributed by atoms with Crippen LogP contribution in [0.25, 0.3) is 0 Å². The molecule has 2 nitrogen and oxygen atoms in total. The van der Waals surface area contributed by atoms with Gasteiger partial charge in [0.15, 0.2) is 5.60 Å². The van der Waals surface area contributed by atoms with Crippen LogP contribution in [0.2, 0.25) is 0 Å². The lowest BCUT2D eigenvalue weighted by Gasteiger charge is -2.40. The van der Waals surface area contributed by atoms with Gasteiger partial charge in [0.25, 0.3) is 0 Å². The first kappa shape index (κ1) is 13.6. The average Bonchev–Trinajstić information content (AvgIpc) is 2.77. The zero-order chi connectivity index (χ0) is 15.2. The molecule has 22 heavy (non-hydrogen) atoms. The third-order valence-corrected chi connectivity index (χ3v) is 4.78. The van der Waals surface area contributed by atoms with Crippen LogP contribution in [-0.4, -0.2) is 0 Å². The predicted molar refractivity (Wildman–Crippen MR) is 85.9 cm³/mol. The maximum absolute atomic E-state index is 6.61. The fraction of sp³-hybridized carbons (Fsp3) is 0.300. The molecule has 0 aliphatic carbocycles. The Kier molecular flexibility index (Phi) is 2.92. The van der Waals surface area contributed by atoms with Crippen molar-refractivity contribution in [2.45, 2.75) is 31.2 Å². The first-order valence-corrected chi connectivity index (χ1v) is 7.84. The van der Waals surface area contributed by atoms with Gasteiger partial charge in [-0.1, -0.05) is 74.2 Å². The molecule has 2 fully saturated rings. The molecule has 2 aromatic rings. The summed E-state index contributed by atoms with van der Waals surface area (Å²) in [5.41, 5.74) is 1.67. The van der Waals surface area contributed by atoms with Gasteiger partial charge in [-0.15, -0.1) is 0 Å². The van der Waals surface area contributed by atoms with Gasteiger partial charge >= 0.3 is 0 Å². The molecule has 2 heterocycles. The molecule has 2 aliphatic rings. The second kappa shape index (κ2) is 4.72. The van der Waals surface area contributed by atoms with Crippen molar-refractivity contribution in [3.05, 3.63) is 84.1 Å². The van der Waals surface area contributed by atoms with Gasteiger partial charge in [0.05, 0.1) is 0 Å². The molecule has 0 radical (unpaired) electrons. The van der Waals surface area contributed by atoms with E-state index >= 15 is 0 Å². The number of ether oxygens (including phenoxy) is 2. The van der Waals surface area contributed by atoms with Crippen molar-refractivity contribution in [3.63, 3.8) is 0 Å². The Hall–Kier alpha value is -2.06. The molecule has 112 valence electrons. The molecule has 3 atom stereocenters. The molecule has 0 saturated carbocycles. The van der Waals surface area contributed by atoms with E-state index in [1.54, 1.807) is 0 Å². The van der Waals surface area contributed by atoms with Crippen LogP contribution < -0.4 is 0 Å². The van der Waals surface area contributed by atoms with Gasteiger partial charge in [-0.3, -0.25) is 0 Å². The molecular weight excluding hydrogens is 272 g/mol. The van der Waals surface area contributed by atoms with Gasteiger partial charge in [0.2, 0.25) is 5.79 Å². The standard InChI is InChI=1S/C20H20O2/c1-15-13-19(17-9-5-3-6-10-17)16(2)21-20(14-15,22-19)18-11-7-4-8-12-18/h3-12,15H,2,13-14H2,1H3/t15-,19+,20+/m0/s1. The van der Waals surface area contributed by atoms with Crippen LogP contribution in [0, 0.1) is 5.92 Å². The maximum Gasteiger partial charge on any atom is 0.238 e. The molecular formula is C20H20O2. The van der Waals surface area contributed by atoms with Crippen LogP contribution in [0.15, 0.2) is 73.0 Å². The molecule has 2 bridgehead atoms. The van der Waals surface area contributed by atoms with Gasteiger partial charge < -0.3 is 9.47 Å². The van der Waals surface area contributed by atoms with E-state index in [-0.39, 0.29) is 0 Å². The van der Waals surface area contributed by atoms with Crippen LogP contribution >= 0.6 is 0 Å². The maximum atomic E-state index is 6.61. The second-order valence-electron chi connectivity index (χ2n) is 6.45. The Balaban J connectivity index is 1.84. The van der Waals surface area contributed by atoms with Gasteiger partial charge in [-0.05, 0) is 17.9 Å². The Labute approximate surface area is 131 Å². The Morgan fingerprint density at radius 2 is 1.50 bits per heavy atom. The quantitative estimate of drug-likeness (QED) is 0.797. The van der Waals surface area contributed by atoms with Crippen LogP contribution in [0.1, 0.15) is 30.9 Å². The third kappa shape index (κ3) is 1.84. The Bertz CT molecular complexity index is 694. The van der Waals surface area contributed by atoms with E-state index in [0.29, 0.717) is 5.92 Å². The number of fused-ring (bicyclic) bond motifs is 2. The van der Waals surface area contributed by atoms with Crippen molar-refractivity contribution >= 4 is 0 Å². The molecule has 0 N–H and O–H groups in total. The van der Waals surface area contributed by atoms with E-state index in [4.69, 9.17) is 9.47 Å². The monoisotopic (exact) mass is 292 g/mol. The van der Waals surface area contributed by atoms with Crippen molar-refractivity contribution < 1.29 is 9.47 Å². The van der Waals surface area contributed by atoms with E-state index in [9.17, 15) is 0 Å². The summed E-state index contributed by atoms with van der Waals surface area (Å²) in [6.45, 7) is 6.47. The zero-order valence-corrected chi connectivity index (χ0v) is 12.8. The van der Waals surface area contributed by atoms with Crippen LogP contribution in [0.5, 0.6) is 0 Å². The van der Waals surface area contributed by atoms with E-state index < -0.39 is 11.4 Å². The topological polar surface area (TPSA) is 18.5 Å². The summed E-state index contributed by atoms with van der Waals surface area (Å²) in [4.78, 5) is 0. The summed E-state index contributed by atoms with van der Waals surface area (Å²) in [6, 6.07) is 20.5. The fourth-order valence-corrected chi connectivity index (χ4v) is 3.87.